The molecule has 74 valence electrons. The molecule has 0 unspecified atom stereocenters. The summed E-state index contributed by atoms with van der Waals surface area (Å²) in [5.74, 6) is 0.181. The number of hydrogen-bond acceptors (Lipinski definition) is 2. The quantitative estimate of drug-likeness (QED) is 0.683. The molecule has 0 fully saturated rings. The molecule has 1 aromatic rings. The molecular weight excluding hydrogens is 176 g/mol. The third-order valence-corrected chi connectivity index (χ3v) is 2.36. The Morgan fingerprint density at radius 3 is 2.71 bits per heavy atom. The maximum absolute atomic E-state index is 10.8. The molecule has 1 aromatic carbocycles. The highest BCUT2D eigenvalue weighted by molar-refractivity contribution is 5.78. The second kappa shape index (κ2) is 4.70. The SMILES string of the molecule is CC(=O)CCc1cccc(C=O)c1C. The van der Waals surface area contributed by atoms with Crippen molar-refractivity contribution in [2.75, 3.05) is 0 Å². The molecule has 0 saturated carbocycles. The summed E-state index contributed by atoms with van der Waals surface area (Å²) < 4.78 is 0. The number of aryl methyl sites for hydroxylation is 1. The van der Waals surface area contributed by atoms with Gasteiger partial charge in [0.05, 0.1) is 0 Å². The predicted octanol–water partition coefficient (Wildman–Crippen LogP) is 2.33. The number of hydrogen-bond donors (Lipinski definition) is 0. The van der Waals surface area contributed by atoms with Gasteiger partial charge in [0, 0.05) is 12.0 Å². The number of rotatable bonds is 4. The third kappa shape index (κ3) is 2.52. The second-order valence-corrected chi connectivity index (χ2v) is 3.45. The summed E-state index contributed by atoms with van der Waals surface area (Å²) in [4.78, 5) is 21.5. The van der Waals surface area contributed by atoms with Gasteiger partial charge in [0.1, 0.15) is 12.1 Å². The Kier molecular flexibility index (Phi) is 3.57. The van der Waals surface area contributed by atoms with Crippen LogP contribution in [0.5, 0.6) is 0 Å². The Morgan fingerprint density at radius 2 is 2.14 bits per heavy atom. The highest BCUT2D eigenvalue weighted by atomic mass is 16.1. The van der Waals surface area contributed by atoms with Crippen molar-refractivity contribution in [1.82, 2.24) is 0 Å². The zero-order chi connectivity index (χ0) is 10.6. The maximum atomic E-state index is 10.8. The van der Waals surface area contributed by atoms with Crippen LogP contribution < -0.4 is 0 Å². The molecule has 0 amide bonds. The van der Waals surface area contributed by atoms with Crippen LogP contribution in [0.25, 0.3) is 0 Å². The van der Waals surface area contributed by atoms with Crippen molar-refractivity contribution in [1.29, 1.82) is 0 Å². The van der Waals surface area contributed by atoms with Crippen LogP contribution in [-0.4, -0.2) is 12.1 Å². The van der Waals surface area contributed by atoms with Crippen molar-refractivity contribution in [3.05, 3.63) is 34.9 Å². The number of ketones is 1. The maximum Gasteiger partial charge on any atom is 0.150 e. The van der Waals surface area contributed by atoms with E-state index in [0.717, 1.165) is 23.8 Å². The molecule has 0 aliphatic carbocycles. The summed E-state index contributed by atoms with van der Waals surface area (Å²) in [5, 5.41) is 0. The molecule has 0 heterocycles. The summed E-state index contributed by atoms with van der Waals surface area (Å²) in [5.41, 5.74) is 2.79. The summed E-state index contributed by atoms with van der Waals surface area (Å²) in [6.45, 7) is 3.50. The molecule has 1 rings (SSSR count). The van der Waals surface area contributed by atoms with E-state index in [4.69, 9.17) is 0 Å². The van der Waals surface area contributed by atoms with Crippen LogP contribution in [0, 0.1) is 6.92 Å². The normalized spacial score (nSPS) is 9.86. The molecule has 0 bridgehead atoms. The number of carbonyl (C=O) groups is 2. The highest BCUT2D eigenvalue weighted by Crippen LogP contribution is 2.13. The molecule has 2 heteroatoms. The van der Waals surface area contributed by atoms with Crippen molar-refractivity contribution in [2.24, 2.45) is 0 Å². The van der Waals surface area contributed by atoms with Gasteiger partial charge in [-0.2, -0.15) is 0 Å². The number of aldehydes is 1. The van der Waals surface area contributed by atoms with Gasteiger partial charge in [-0.15, -0.1) is 0 Å². The molecule has 14 heavy (non-hydrogen) atoms. The fraction of sp³-hybridized carbons (Fsp3) is 0.333. The van der Waals surface area contributed by atoms with Crippen molar-refractivity contribution in [3.8, 4) is 0 Å². The number of benzene rings is 1. The lowest BCUT2D eigenvalue weighted by molar-refractivity contribution is -0.116. The third-order valence-electron chi connectivity index (χ3n) is 2.36. The van der Waals surface area contributed by atoms with Crippen LogP contribution >= 0.6 is 0 Å². The van der Waals surface area contributed by atoms with E-state index in [0.29, 0.717) is 12.0 Å². The summed E-state index contributed by atoms with van der Waals surface area (Å²) in [7, 11) is 0. The molecule has 0 saturated heterocycles. The van der Waals surface area contributed by atoms with E-state index in [1.807, 2.05) is 19.1 Å². The van der Waals surface area contributed by atoms with E-state index >= 15 is 0 Å². The Hall–Kier alpha value is -1.44. The standard InChI is InChI=1S/C12H14O2/c1-9(14)6-7-11-4-3-5-12(8-13)10(11)2/h3-5,8H,6-7H2,1-2H3. The van der Waals surface area contributed by atoms with Crippen molar-refractivity contribution in [3.63, 3.8) is 0 Å². The fourth-order valence-electron chi connectivity index (χ4n) is 1.41. The van der Waals surface area contributed by atoms with Crippen LogP contribution in [0.2, 0.25) is 0 Å². The zero-order valence-electron chi connectivity index (χ0n) is 8.54. The van der Waals surface area contributed by atoms with E-state index in [1.165, 1.54) is 0 Å². The first kappa shape index (κ1) is 10.6. The Morgan fingerprint density at radius 1 is 1.43 bits per heavy atom. The molecule has 0 radical (unpaired) electrons. The first-order chi connectivity index (χ1) is 6.65. The van der Waals surface area contributed by atoms with Gasteiger partial charge in [-0.1, -0.05) is 18.2 Å². The monoisotopic (exact) mass is 190 g/mol. The first-order valence-electron chi connectivity index (χ1n) is 4.68. The van der Waals surface area contributed by atoms with Crippen LogP contribution in [0.3, 0.4) is 0 Å². The smallest absolute Gasteiger partial charge is 0.150 e. The molecule has 0 atom stereocenters. The molecule has 0 N–H and O–H groups in total. The molecule has 0 aliphatic rings. The van der Waals surface area contributed by atoms with Gasteiger partial charge < -0.3 is 4.79 Å². The summed E-state index contributed by atoms with van der Waals surface area (Å²) in [6, 6.07) is 5.61. The fourth-order valence-corrected chi connectivity index (χ4v) is 1.41. The van der Waals surface area contributed by atoms with E-state index in [1.54, 1.807) is 13.0 Å². The van der Waals surface area contributed by atoms with Gasteiger partial charge in [-0.3, -0.25) is 4.79 Å². The lowest BCUT2D eigenvalue weighted by Gasteiger charge is -2.06. The predicted molar refractivity (Wildman–Crippen MR) is 55.6 cm³/mol. The second-order valence-electron chi connectivity index (χ2n) is 3.45. The molecule has 0 spiro atoms. The van der Waals surface area contributed by atoms with Gasteiger partial charge in [0.15, 0.2) is 0 Å². The largest absolute Gasteiger partial charge is 0.300 e. The van der Waals surface area contributed by atoms with Gasteiger partial charge in [0.25, 0.3) is 0 Å². The van der Waals surface area contributed by atoms with E-state index in [9.17, 15) is 9.59 Å². The Balaban J connectivity index is 2.86. The van der Waals surface area contributed by atoms with E-state index in [-0.39, 0.29) is 5.78 Å². The van der Waals surface area contributed by atoms with Gasteiger partial charge >= 0.3 is 0 Å². The van der Waals surface area contributed by atoms with Crippen molar-refractivity contribution in [2.45, 2.75) is 26.7 Å². The van der Waals surface area contributed by atoms with Gasteiger partial charge in [0.2, 0.25) is 0 Å². The number of Topliss-reactive ketones (excluding diaryl/α,β-unsaturated/α-hetero) is 1. The van der Waals surface area contributed by atoms with Crippen LogP contribution in [0.4, 0.5) is 0 Å². The van der Waals surface area contributed by atoms with Crippen molar-refractivity contribution < 1.29 is 9.59 Å². The molecule has 0 aliphatic heterocycles. The zero-order valence-corrected chi connectivity index (χ0v) is 8.54. The van der Waals surface area contributed by atoms with E-state index < -0.39 is 0 Å². The first-order valence-corrected chi connectivity index (χ1v) is 4.68. The van der Waals surface area contributed by atoms with Gasteiger partial charge in [-0.25, -0.2) is 0 Å². The minimum absolute atomic E-state index is 0.181. The average molecular weight is 190 g/mol. The Bertz CT molecular complexity index is 353. The van der Waals surface area contributed by atoms with Gasteiger partial charge in [-0.05, 0) is 31.4 Å². The Labute approximate surface area is 83.9 Å². The van der Waals surface area contributed by atoms with Crippen LogP contribution in [0.1, 0.15) is 34.8 Å². The molecular formula is C12H14O2. The van der Waals surface area contributed by atoms with Crippen LogP contribution in [0.15, 0.2) is 18.2 Å². The molecule has 0 aromatic heterocycles. The lowest BCUT2D eigenvalue weighted by Crippen LogP contribution is -1.98. The minimum Gasteiger partial charge on any atom is -0.300 e. The van der Waals surface area contributed by atoms with E-state index in [2.05, 4.69) is 0 Å². The number of carbonyl (C=O) groups excluding carboxylic acids is 2. The minimum atomic E-state index is 0.181. The highest BCUT2D eigenvalue weighted by Gasteiger charge is 2.03. The average Bonchev–Trinajstić information content (AvgIpc) is 2.16. The molecule has 2 nitrogen and oxygen atoms in total. The van der Waals surface area contributed by atoms with Crippen LogP contribution in [-0.2, 0) is 11.2 Å². The summed E-state index contributed by atoms with van der Waals surface area (Å²) >= 11 is 0. The topological polar surface area (TPSA) is 34.1 Å². The van der Waals surface area contributed by atoms with Crippen molar-refractivity contribution >= 4 is 12.1 Å². The summed E-state index contributed by atoms with van der Waals surface area (Å²) in [6.07, 6.45) is 2.12. The lowest BCUT2D eigenvalue weighted by atomic mass is 9.99.